The van der Waals surface area contributed by atoms with Crippen LogP contribution in [-0.4, -0.2) is 14.8 Å². The summed E-state index contributed by atoms with van der Waals surface area (Å²) in [6, 6.07) is 8.67. The van der Waals surface area contributed by atoms with E-state index in [1.54, 1.807) is 0 Å². The molecule has 2 aromatic rings. The van der Waals surface area contributed by atoms with Gasteiger partial charge >= 0.3 is 0 Å². The molecule has 3 rings (SSSR count). The lowest BCUT2D eigenvalue weighted by Crippen LogP contribution is -2.12. The zero-order chi connectivity index (χ0) is 14.7. The fourth-order valence-electron chi connectivity index (χ4n) is 3.20. The monoisotopic (exact) mass is 303 g/mol. The van der Waals surface area contributed by atoms with Crippen LogP contribution in [0.3, 0.4) is 0 Å². The Hall–Kier alpha value is -1.35. The Bertz CT molecular complexity index is 583. The number of hydrogen-bond donors (Lipinski definition) is 0. The minimum absolute atomic E-state index is 0.398. The highest BCUT2D eigenvalue weighted by Gasteiger charge is 2.23. The maximum Gasteiger partial charge on any atom is 0.152 e. The van der Waals surface area contributed by atoms with E-state index in [0.717, 1.165) is 23.8 Å². The highest BCUT2D eigenvalue weighted by molar-refractivity contribution is 6.16. The number of hydrogen-bond acceptors (Lipinski definition) is 2. The van der Waals surface area contributed by atoms with Crippen molar-refractivity contribution in [3.8, 4) is 5.69 Å². The quantitative estimate of drug-likeness (QED) is 0.772. The molecule has 1 heterocycles. The van der Waals surface area contributed by atoms with Gasteiger partial charge in [-0.2, -0.15) is 0 Å². The van der Waals surface area contributed by atoms with E-state index in [4.69, 9.17) is 11.6 Å². The van der Waals surface area contributed by atoms with Crippen molar-refractivity contribution in [2.24, 2.45) is 0 Å². The van der Waals surface area contributed by atoms with E-state index in [-0.39, 0.29) is 0 Å². The van der Waals surface area contributed by atoms with Gasteiger partial charge in [-0.05, 0) is 37.0 Å². The smallest absolute Gasteiger partial charge is 0.152 e. The highest BCUT2D eigenvalue weighted by Crippen LogP contribution is 2.33. The molecule has 1 aliphatic rings. The molecule has 21 heavy (non-hydrogen) atoms. The fourth-order valence-corrected chi connectivity index (χ4v) is 3.38. The summed E-state index contributed by atoms with van der Waals surface area (Å²) in [4.78, 5) is 0. The van der Waals surface area contributed by atoms with Crippen LogP contribution in [-0.2, 0) is 12.3 Å². The van der Waals surface area contributed by atoms with Crippen molar-refractivity contribution >= 4 is 11.6 Å². The SMILES string of the molecule is CCc1ccc(-n2c(CCl)nnc2C2CCCCC2)cc1. The average Bonchev–Trinajstić information content (AvgIpc) is 2.99. The molecule has 0 aliphatic heterocycles. The van der Waals surface area contributed by atoms with Gasteiger partial charge in [0.15, 0.2) is 5.82 Å². The van der Waals surface area contributed by atoms with Crippen molar-refractivity contribution in [3.05, 3.63) is 41.5 Å². The Morgan fingerprint density at radius 3 is 2.43 bits per heavy atom. The summed E-state index contributed by atoms with van der Waals surface area (Å²) in [5.74, 6) is 2.86. The number of rotatable bonds is 4. The van der Waals surface area contributed by atoms with Crippen LogP contribution in [0.5, 0.6) is 0 Å². The van der Waals surface area contributed by atoms with Crippen molar-refractivity contribution in [3.63, 3.8) is 0 Å². The predicted octanol–water partition coefficient (Wildman–Crippen LogP) is 4.62. The largest absolute Gasteiger partial charge is 0.282 e. The Morgan fingerprint density at radius 2 is 1.81 bits per heavy atom. The van der Waals surface area contributed by atoms with Gasteiger partial charge in [0.1, 0.15) is 5.82 Å². The van der Waals surface area contributed by atoms with Crippen LogP contribution in [0.15, 0.2) is 24.3 Å². The molecule has 1 aromatic carbocycles. The number of benzene rings is 1. The van der Waals surface area contributed by atoms with E-state index in [0.29, 0.717) is 11.8 Å². The van der Waals surface area contributed by atoms with E-state index in [1.165, 1.54) is 37.7 Å². The molecular formula is C17H22ClN3. The zero-order valence-electron chi connectivity index (χ0n) is 12.6. The van der Waals surface area contributed by atoms with Gasteiger partial charge < -0.3 is 0 Å². The maximum atomic E-state index is 6.07. The molecule has 0 radical (unpaired) electrons. The van der Waals surface area contributed by atoms with Crippen molar-refractivity contribution in [2.45, 2.75) is 57.2 Å². The standard InChI is InChI=1S/C17H22ClN3/c1-2-13-8-10-15(11-9-13)21-16(12-18)19-20-17(21)14-6-4-3-5-7-14/h8-11,14H,2-7,12H2,1H3. The zero-order valence-corrected chi connectivity index (χ0v) is 13.3. The molecule has 1 fully saturated rings. The molecule has 1 aliphatic carbocycles. The van der Waals surface area contributed by atoms with E-state index >= 15 is 0 Å². The number of aryl methyl sites for hydroxylation is 1. The first-order chi connectivity index (χ1) is 10.3. The Labute approximate surface area is 131 Å². The van der Waals surface area contributed by atoms with Crippen LogP contribution in [0.25, 0.3) is 5.69 Å². The van der Waals surface area contributed by atoms with Crippen molar-refractivity contribution < 1.29 is 0 Å². The van der Waals surface area contributed by atoms with Gasteiger partial charge in [-0.15, -0.1) is 21.8 Å². The van der Waals surface area contributed by atoms with Crippen LogP contribution in [0.2, 0.25) is 0 Å². The van der Waals surface area contributed by atoms with Gasteiger partial charge in [0.25, 0.3) is 0 Å². The van der Waals surface area contributed by atoms with Gasteiger partial charge in [0.05, 0.1) is 5.88 Å². The highest BCUT2D eigenvalue weighted by atomic mass is 35.5. The Balaban J connectivity index is 1.99. The van der Waals surface area contributed by atoms with Crippen LogP contribution < -0.4 is 0 Å². The molecule has 0 saturated heterocycles. The molecule has 3 nitrogen and oxygen atoms in total. The number of nitrogens with zero attached hydrogens (tertiary/aromatic N) is 3. The summed E-state index contributed by atoms with van der Waals surface area (Å²) in [6.07, 6.45) is 7.42. The maximum absolute atomic E-state index is 6.07. The first-order valence-corrected chi connectivity index (χ1v) is 8.46. The molecule has 0 unspecified atom stereocenters. The third-order valence-electron chi connectivity index (χ3n) is 4.45. The first kappa shape index (κ1) is 14.6. The molecule has 1 aromatic heterocycles. The lowest BCUT2D eigenvalue weighted by molar-refractivity contribution is 0.424. The molecule has 0 N–H and O–H groups in total. The second-order valence-corrected chi connectivity index (χ2v) is 6.07. The summed E-state index contributed by atoms with van der Waals surface area (Å²) in [5, 5.41) is 8.77. The lowest BCUT2D eigenvalue weighted by Gasteiger charge is -2.22. The Morgan fingerprint density at radius 1 is 1.10 bits per heavy atom. The molecule has 0 amide bonds. The van der Waals surface area contributed by atoms with Crippen LogP contribution in [0.4, 0.5) is 0 Å². The third kappa shape index (κ3) is 2.98. The number of alkyl halides is 1. The fraction of sp³-hybridized carbons (Fsp3) is 0.529. The molecular weight excluding hydrogens is 282 g/mol. The Kier molecular flexibility index (Phi) is 4.59. The van der Waals surface area contributed by atoms with Crippen molar-refractivity contribution in [2.75, 3.05) is 0 Å². The second-order valence-electron chi connectivity index (χ2n) is 5.80. The van der Waals surface area contributed by atoms with E-state index in [1.807, 2.05) is 0 Å². The summed E-state index contributed by atoms with van der Waals surface area (Å²) < 4.78 is 2.17. The molecule has 112 valence electrons. The summed E-state index contributed by atoms with van der Waals surface area (Å²) in [7, 11) is 0. The first-order valence-electron chi connectivity index (χ1n) is 7.93. The lowest BCUT2D eigenvalue weighted by atomic mass is 9.88. The number of halogens is 1. The van der Waals surface area contributed by atoms with Gasteiger partial charge in [-0.3, -0.25) is 4.57 Å². The number of aromatic nitrogens is 3. The molecule has 4 heteroatoms. The van der Waals surface area contributed by atoms with Crippen LogP contribution in [0.1, 0.15) is 62.2 Å². The normalized spacial score (nSPS) is 16.3. The summed E-state index contributed by atoms with van der Waals surface area (Å²) in [6.45, 7) is 2.17. The van der Waals surface area contributed by atoms with Crippen molar-refractivity contribution in [1.29, 1.82) is 0 Å². The summed E-state index contributed by atoms with van der Waals surface area (Å²) in [5.41, 5.74) is 2.48. The average molecular weight is 304 g/mol. The van der Waals surface area contributed by atoms with Gasteiger partial charge in [-0.1, -0.05) is 38.3 Å². The van der Waals surface area contributed by atoms with Crippen LogP contribution >= 0.6 is 11.6 Å². The van der Waals surface area contributed by atoms with Gasteiger partial charge in [0.2, 0.25) is 0 Å². The van der Waals surface area contributed by atoms with Gasteiger partial charge in [-0.25, -0.2) is 0 Å². The second kappa shape index (κ2) is 6.61. The predicted molar refractivity (Wildman–Crippen MR) is 86.1 cm³/mol. The van der Waals surface area contributed by atoms with E-state index in [2.05, 4.69) is 46.0 Å². The topological polar surface area (TPSA) is 30.7 Å². The van der Waals surface area contributed by atoms with E-state index in [9.17, 15) is 0 Å². The van der Waals surface area contributed by atoms with Crippen LogP contribution in [0, 0.1) is 0 Å². The van der Waals surface area contributed by atoms with E-state index < -0.39 is 0 Å². The van der Waals surface area contributed by atoms with Gasteiger partial charge in [0, 0.05) is 11.6 Å². The molecule has 0 atom stereocenters. The molecule has 1 saturated carbocycles. The summed E-state index contributed by atoms with van der Waals surface area (Å²) >= 11 is 6.07. The third-order valence-corrected chi connectivity index (χ3v) is 4.69. The van der Waals surface area contributed by atoms with Crippen molar-refractivity contribution in [1.82, 2.24) is 14.8 Å². The molecule has 0 bridgehead atoms. The minimum atomic E-state index is 0.398. The molecule has 0 spiro atoms. The minimum Gasteiger partial charge on any atom is -0.282 e.